The number of sulfone groups is 1. The van der Waals surface area contributed by atoms with Crippen molar-refractivity contribution in [3.05, 3.63) is 29.6 Å². The maximum Gasteiger partial charge on any atom is 0.152 e. The molecule has 4 nitrogen and oxygen atoms in total. The molecule has 0 saturated carbocycles. The molecule has 1 aromatic rings. The number of halogens is 1. The van der Waals surface area contributed by atoms with Gasteiger partial charge in [0.1, 0.15) is 5.82 Å². The Morgan fingerprint density at radius 2 is 2.20 bits per heavy atom. The second-order valence-corrected chi connectivity index (χ2v) is 7.46. The molecule has 0 aliphatic carbocycles. The topological polar surface area (TPSA) is 49.4 Å². The molecule has 0 radical (unpaired) electrons. The van der Waals surface area contributed by atoms with Crippen LogP contribution in [0, 0.1) is 5.82 Å². The monoisotopic (exact) mass is 300 g/mol. The predicted octanol–water partition coefficient (Wildman–Crippen LogP) is 1.56. The summed E-state index contributed by atoms with van der Waals surface area (Å²) in [6, 6.07) is 4.99. The molecule has 1 atom stereocenters. The van der Waals surface area contributed by atoms with Crippen LogP contribution in [0.2, 0.25) is 0 Å². The quantitative estimate of drug-likeness (QED) is 0.896. The first kappa shape index (κ1) is 15.3. The van der Waals surface area contributed by atoms with Crippen molar-refractivity contribution in [2.75, 3.05) is 30.0 Å². The second-order valence-electron chi connectivity index (χ2n) is 5.23. The standard InChI is InChI=1S/C14H21FN2O2S/c1-3-16-9-11-4-5-14(13(15)8-11)17(2)12-6-7-20(18,19)10-12/h4-5,8,12,16H,3,6-7,9-10H2,1-2H3. The molecule has 0 aromatic heterocycles. The van der Waals surface area contributed by atoms with Crippen molar-refractivity contribution in [1.82, 2.24) is 5.32 Å². The molecule has 0 amide bonds. The van der Waals surface area contributed by atoms with Crippen LogP contribution in [-0.4, -0.2) is 39.6 Å². The summed E-state index contributed by atoms with van der Waals surface area (Å²) in [5.41, 5.74) is 1.35. The maximum absolute atomic E-state index is 14.2. The fraction of sp³-hybridized carbons (Fsp3) is 0.571. The average Bonchev–Trinajstić information content (AvgIpc) is 2.76. The molecular formula is C14H21FN2O2S. The number of benzene rings is 1. The molecule has 1 unspecified atom stereocenters. The molecule has 1 fully saturated rings. The van der Waals surface area contributed by atoms with Gasteiger partial charge < -0.3 is 10.2 Å². The smallest absolute Gasteiger partial charge is 0.152 e. The first-order valence-corrected chi connectivity index (χ1v) is 8.67. The Kier molecular flexibility index (Phi) is 4.65. The minimum absolute atomic E-state index is 0.113. The number of anilines is 1. The highest BCUT2D eigenvalue weighted by atomic mass is 32.2. The molecule has 1 aromatic carbocycles. The van der Waals surface area contributed by atoms with Gasteiger partial charge in [0.25, 0.3) is 0 Å². The molecule has 1 N–H and O–H groups in total. The summed E-state index contributed by atoms with van der Waals surface area (Å²) in [6.07, 6.45) is 0.567. The largest absolute Gasteiger partial charge is 0.368 e. The van der Waals surface area contributed by atoms with Crippen molar-refractivity contribution in [3.8, 4) is 0 Å². The van der Waals surface area contributed by atoms with Crippen molar-refractivity contribution < 1.29 is 12.8 Å². The fourth-order valence-electron chi connectivity index (χ4n) is 2.49. The molecular weight excluding hydrogens is 279 g/mol. The van der Waals surface area contributed by atoms with Gasteiger partial charge in [-0.15, -0.1) is 0 Å². The third-order valence-corrected chi connectivity index (χ3v) is 5.48. The Hall–Kier alpha value is -1.14. The zero-order chi connectivity index (χ0) is 14.8. The summed E-state index contributed by atoms with van der Waals surface area (Å²) < 4.78 is 37.2. The Morgan fingerprint density at radius 3 is 2.75 bits per heavy atom. The summed E-state index contributed by atoms with van der Waals surface area (Å²) in [5.74, 6) is 0.0108. The third kappa shape index (κ3) is 3.49. The Labute approximate surface area is 119 Å². The van der Waals surface area contributed by atoms with Crippen molar-refractivity contribution in [2.45, 2.75) is 25.9 Å². The lowest BCUT2D eigenvalue weighted by molar-refractivity contribution is 0.595. The van der Waals surface area contributed by atoms with E-state index in [9.17, 15) is 12.8 Å². The van der Waals surface area contributed by atoms with E-state index < -0.39 is 9.84 Å². The van der Waals surface area contributed by atoms with Crippen LogP contribution in [0.15, 0.2) is 18.2 Å². The van der Waals surface area contributed by atoms with Crippen LogP contribution in [0.25, 0.3) is 0 Å². The lowest BCUT2D eigenvalue weighted by Crippen LogP contribution is -2.33. The van der Waals surface area contributed by atoms with E-state index in [1.54, 1.807) is 18.0 Å². The highest BCUT2D eigenvalue weighted by molar-refractivity contribution is 7.91. The van der Waals surface area contributed by atoms with Crippen LogP contribution >= 0.6 is 0 Å². The van der Waals surface area contributed by atoms with Crippen LogP contribution in [0.3, 0.4) is 0 Å². The predicted molar refractivity (Wildman–Crippen MR) is 79.2 cm³/mol. The van der Waals surface area contributed by atoms with Gasteiger partial charge in [-0.05, 0) is 30.7 Å². The molecule has 1 aliphatic heterocycles. The maximum atomic E-state index is 14.2. The van der Waals surface area contributed by atoms with Crippen molar-refractivity contribution in [2.24, 2.45) is 0 Å². The van der Waals surface area contributed by atoms with E-state index in [-0.39, 0.29) is 23.4 Å². The van der Waals surface area contributed by atoms with E-state index in [1.165, 1.54) is 6.07 Å². The Morgan fingerprint density at radius 1 is 1.45 bits per heavy atom. The van der Waals surface area contributed by atoms with Gasteiger partial charge in [-0.25, -0.2) is 12.8 Å². The summed E-state index contributed by atoms with van der Waals surface area (Å²) in [6.45, 7) is 3.47. The van der Waals surface area contributed by atoms with Gasteiger partial charge in [-0.3, -0.25) is 0 Å². The van der Waals surface area contributed by atoms with Gasteiger partial charge in [-0.1, -0.05) is 13.0 Å². The van der Waals surface area contributed by atoms with Crippen molar-refractivity contribution in [1.29, 1.82) is 0 Å². The summed E-state index contributed by atoms with van der Waals surface area (Å²) in [5, 5.41) is 3.15. The van der Waals surface area contributed by atoms with E-state index in [1.807, 2.05) is 13.0 Å². The zero-order valence-electron chi connectivity index (χ0n) is 11.9. The first-order valence-electron chi connectivity index (χ1n) is 6.85. The number of nitrogens with zero attached hydrogens (tertiary/aromatic N) is 1. The van der Waals surface area contributed by atoms with Crippen LogP contribution in [-0.2, 0) is 16.4 Å². The molecule has 6 heteroatoms. The Bertz CT molecular complexity index is 575. The number of nitrogens with one attached hydrogen (secondary N) is 1. The van der Waals surface area contributed by atoms with E-state index in [2.05, 4.69) is 5.32 Å². The second kappa shape index (κ2) is 6.10. The van der Waals surface area contributed by atoms with Gasteiger partial charge in [0, 0.05) is 19.6 Å². The van der Waals surface area contributed by atoms with E-state index in [0.29, 0.717) is 18.7 Å². The van der Waals surface area contributed by atoms with Crippen LogP contribution in [0.1, 0.15) is 18.9 Å². The highest BCUT2D eigenvalue weighted by Crippen LogP contribution is 2.26. The van der Waals surface area contributed by atoms with Gasteiger partial charge in [-0.2, -0.15) is 0 Å². The van der Waals surface area contributed by atoms with Crippen molar-refractivity contribution in [3.63, 3.8) is 0 Å². The summed E-state index contributed by atoms with van der Waals surface area (Å²) in [7, 11) is -1.20. The third-order valence-electron chi connectivity index (χ3n) is 3.73. The van der Waals surface area contributed by atoms with E-state index in [4.69, 9.17) is 0 Å². The fourth-order valence-corrected chi connectivity index (χ4v) is 4.27. The molecule has 2 rings (SSSR count). The molecule has 0 bridgehead atoms. The zero-order valence-corrected chi connectivity index (χ0v) is 12.7. The number of hydrogen-bond donors (Lipinski definition) is 1. The van der Waals surface area contributed by atoms with Gasteiger partial charge >= 0.3 is 0 Å². The SMILES string of the molecule is CCNCc1ccc(N(C)C2CCS(=O)(=O)C2)c(F)c1. The first-order chi connectivity index (χ1) is 9.43. The molecule has 0 spiro atoms. The Balaban J connectivity index is 2.12. The molecule has 1 aliphatic rings. The van der Waals surface area contributed by atoms with Crippen LogP contribution < -0.4 is 10.2 Å². The number of hydrogen-bond acceptors (Lipinski definition) is 4. The van der Waals surface area contributed by atoms with Gasteiger partial charge in [0.05, 0.1) is 17.2 Å². The lowest BCUT2D eigenvalue weighted by atomic mass is 10.1. The highest BCUT2D eigenvalue weighted by Gasteiger charge is 2.31. The average molecular weight is 300 g/mol. The van der Waals surface area contributed by atoms with Crippen molar-refractivity contribution >= 4 is 15.5 Å². The van der Waals surface area contributed by atoms with Gasteiger partial charge in [0.15, 0.2) is 9.84 Å². The lowest BCUT2D eigenvalue weighted by Gasteiger charge is -2.26. The van der Waals surface area contributed by atoms with Crippen LogP contribution in [0.5, 0.6) is 0 Å². The molecule has 112 valence electrons. The summed E-state index contributed by atoms with van der Waals surface area (Å²) >= 11 is 0. The number of rotatable bonds is 5. The minimum Gasteiger partial charge on any atom is -0.368 e. The van der Waals surface area contributed by atoms with Gasteiger partial charge in [0.2, 0.25) is 0 Å². The van der Waals surface area contributed by atoms with E-state index in [0.717, 1.165) is 12.1 Å². The molecule has 20 heavy (non-hydrogen) atoms. The molecule has 1 saturated heterocycles. The summed E-state index contributed by atoms with van der Waals surface area (Å²) in [4.78, 5) is 1.75. The normalized spacial score (nSPS) is 21.1. The van der Waals surface area contributed by atoms with E-state index >= 15 is 0 Å². The minimum atomic E-state index is -2.96. The van der Waals surface area contributed by atoms with Crippen LogP contribution in [0.4, 0.5) is 10.1 Å². The molecule has 1 heterocycles.